The average molecular weight is 277 g/mol. The maximum atomic E-state index is 12.2. The second-order valence-corrected chi connectivity index (χ2v) is 6.06. The average Bonchev–Trinajstić information content (AvgIpc) is 2.77. The molecule has 0 spiro atoms. The van der Waals surface area contributed by atoms with Gasteiger partial charge in [-0.1, -0.05) is 16.1 Å². The van der Waals surface area contributed by atoms with Gasteiger partial charge in [0.1, 0.15) is 0 Å². The summed E-state index contributed by atoms with van der Waals surface area (Å²) < 4.78 is 25.4. The van der Waals surface area contributed by atoms with E-state index in [1.807, 2.05) is 0 Å². The molecule has 0 radical (unpaired) electrons. The number of nitrogens with zero attached hydrogens (tertiary/aromatic N) is 1. The Kier molecular flexibility index (Phi) is 3.31. The molecule has 94 valence electrons. The van der Waals surface area contributed by atoms with E-state index in [4.69, 9.17) is 22.2 Å². The highest BCUT2D eigenvalue weighted by Gasteiger charge is 2.30. The van der Waals surface area contributed by atoms with Crippen molar-refractivity contribution >= 4 is 27.3 Å². The van der Waals surface area contributed by atoms with Crippen LogP contribution in [0.5, 0.6) is 0 Å². The highest BCUT2D eigenvalue weighted by Crippen LogP contribution is 2.29. The van der Waals surface area contributed by atoms with Crippen molar-refractivity contribution < 1.29 is 13.3 Å². The van der Waals surface area contributed by atoms with Crippen LogP contribution in [0, 0.1) is 6.92 Å². The lowest BCUT2D eigenvalue weighted by Gasteiger charge is -2.16. The maximum Gasteiger partial charge on any atom is 0.265 e. The number of nitrogen functional groups attached to an aromatic ring is 1. The van der Waals surface area contributed by atoms with Crippen LogP contribution in [0.15, 0.2) is 17.0 Å². The zero-order valence-corrected chi connectivity index (χ0v) is 10.9. The summed E-state index contributed by atoms with van der Waals surface area (Å²) in [5.74, 6) is 0. The SMILES string of the molecule is Cc1cc(Cl)c(N)cc1S(=O)(=O)N1CCCO1. The van der Waals surface area contributed by atoms with E-state index < -0.39 is 10.0 Å². The van der Waals surface area contributed by atoms with Gasteiger partial charge < -0.3 is 5.73 Å². The van der Waals surface area contributed by atoms with Gasteiger partial charge in [0.05, 0.1) is 22.2 Å². The van der Waals surface area contributed by atoms with E-state index in [-0.39, 0.29) is 10.6 Å². The summed E-state index contributed by atoms with van der Waals surface area (Å²) in [5.41, 5.74) is 6.43. The van der Waals surface area contributed by atoms with Crippen molar-refractivity contribution in [1.29, 1.82) is 0 Å². The van der Waals surface area contributed by atoms with Gasteiger partial charge in [0.2, 0.25) is 0 Å². The lowest BCUT2D eigenvalue weighted by Crippen LogP contribution is -2.27. The predicted octanol–water partition coefficient (Wildman–Crippen LogP) is 1.56. The summed E-state index contributed by atoms with van der Waals surface area (Å²) in [6, 6.07) is 2.91. The Morgan fingerprint density at radius 3 is 2.76 bits per heavy atom. The monoisotopic (exact) mass is 276 g/mol. The van der Waals surface area contributed by atoms with Crippen LogP contribution in [0.4, 0.5) is 5.69 Å². The topological polar surface area (TPSA) is 72.6 Å². The highest BCUT2D eigenvalue weighted by molar-refractivity contribution is 7.89. The summed E-state index contributed by atoms with van der Waals surface area (Å²) in [4.78, 5) is 5.21. The van der Waals surface area contributed by atoms with E-state index in [9.17, 15) is 8.42 Å². The fourth-order valence-corrected chi connectivity index (χ4v) is 3.43. The van der Waals surface area contributed by atoms with Crippen LogP contribution in [-0.4, -0.2) is 26.0 Å². The normalized spacial score (nSPS) is 17.5. The molecule has 2 N–H and O–H groups in total. The first-order valence-corrected chi connectivity index (χ1v) is 6.96. The van der Waals surface area contributed by atoms with E-state index >= 15 is 0 Å². The molecule has 1 heterocycles. The first kappa shape index (κ1) is 12.6. The Bertz CT molecular complexity index is 539. The predicted molar refractivity (Wildman–Crippen MR) is 65.1 cm³/mol. The number of anilines is 1. The summed E-state index contributed by atoms with van der Waals surface area (Å²) >= 11 is 5.83. The quantitative estimate of drug-likeness (QED) is 0.832. The smallest absolute Gasteiger partial charge is 0.265 e. The minimum Gasteiger partial charge on any atom is -0.397 e. The Morgan fingerprint density at radius 2 is 2.18 bits per heavy atom. The van der Waals surface area contributed by atoms with Gasteiger partial charge in [-0.2, -0.15) is 0 Å². The van der Waals surface area contributed by atoms with Crippen molar-refractivity contribution in [3.63, 3.8) is 0 Å². The first-order valence-electron chi connectivity index (χ1n) is 5.14. The van der Waals surface area contributed by atoms with E-state index in [0.29, 0.717) is 30.2 Å². The summed E-state index contributed by atoms with van der Waals surface area (Å²) in [5, 5.41) is 0.351. The minimum absolute atomic E-state index is 0.140. The summed E-state index contributed by atoms with van der Waals surface area (Å²) in [7, 11) is -3.64. The number of rotatable bonds is 2. The van der Waals surface area contributed by atoms with Gasteiger partial charge in [-0.25, -0.2) is 8.42 Å². The highest BCUT2D eigenvalue weighted by atomic mass is 35.5. The molecule has 1 aliphatic heterocycles. The molecular formula is C10H13ClN2O3S. The third kappa shape index (κ3) is 2.26. The van der Waals surface area contributed by atoms with Gasteiger partial charge in [0.15, 0.2) is 0 Å². The van der Waals surface area contributed by atoms with Crippen molar-refractivity contribution in [3.05, 3.63) is 22.7 Å². The number of aryl methyl sites for hydroxylation is 1. The zero-order valence-electron chi connectivity index (χ0n) is 9.31. The molecule has 1 aromatic rings. The third-order valence-electron chi connectivity index (χ3n) is 2.56. The molecule has 0 amide bonds. The molecule has 1 aromatic carbocycles. The lowest BCUT2D eigenvalue weighted by atomic mass is 10.2. The van der Waals surface area contributed by atoms with Gasteiger partial charge in [-0.15, -0.1) is 0 Å². The Labute approximate surface area is 105 Å². The largest absolute Gasteiger partial charge is 0.397 e. The Morgan fingerprint density at radius 1 is 1.47 bits per heavy atom. The summed E-state index contributed by atoms with van der Waals surface area (Å²) in [6.07, 6.45) is 0.696. The minimum atomic E-state index is -3.64. The van der Waals surface area contributed by atoms with Gasteiger partial charge in [0.25, 0.3) is 10.0 Å². The third-order valence-corrected chi connectivity index (χ3v) is 4.71. The summed E-state index contributed by atoms with van der Waals surface area (Å²) in [6.45, 7) is 2.46. The lowest BCUT2D eigenvalue weighted by molar-refractivity contribution is -0.0284. The molecule has 2 rings (SSSR count). The molecule has 1 aliphatic rings. The number of hydrogen-bond acceptors (Lipinski definition) is 4. The van der Waals surface area contributed by atoms with Crippen LogP contribution in [0.2, 0.25) is 5.02 Å². The van der Waals surface area contributed by atoms with Crippen LogP contribution in [0.1, 0.15) is 12.0 Å². The standard InChI is InChI=1S/C10H13ClN2O3S/c1-7-5-8(11)9(12)6-10(7)17(14,15)13-3-2-4-16-13/h5-6H,2-4,12H2,1H3. The molecule has 1 fully saturated rings. The molecule has 0 aromatic heterocycles. The molecule has 7 heteroatoms. The second kappa shape index (κ2) is 4.45. The van der Waals surface area contributed by atoms with Gasteiger partial charge in [0, 0.05) is 6.54 Å². The van der Waals surface area contributed by atoms with E-state index in [1.165, 1.54) is 6.07 Å². The molecular weight excluding hydrogens is 264 g/mol. The first-order chi connectivity index (χ1) is 7.93. The molecule has 17 heavy (non-hydrogen) atoms. The van der Waals surface area contributed by atoms with Crippen molar-refractivity contribution in [3.8, 4) is 0 Å². The molecule has 0 aliphatic carbocycles. The van der Waals surface area contributed by atoms with E-state index in [0.717, 1.165) is 4.47 Å². The number of halogens is 1. The number of hydrogen-bond donors (Lipinski definition) is 1. The van der Waals surface area contributed by atoms with Crippen molar-refractivity contribution in [2.24, 2.45) is 0 Å². The van der Waals surface area contributed by atoms with Gasteiger partial charge in [-0.3, -0.25) is 4.84 Å². The van der Waals surface area contributed by atoms with Crippen LogP contribution < -0.4 is 5.73 Å². The van der Waals surface area contributed by atoms with Gasteiger partial charge in [-0.05, 0) is 31.0 Å². The van der Waals surface area contributed by atoms with Crippen LogP contribution >= 0.6 is 11.6 Å². The number of sulfonamides is 1. The molecule has 0 bridgehead atoms. The van der Waals surface area contributed by atoms with Crippen LogP contribution in [0.25, 0.3) is 0 Å². The van der Waals surface area contributed by atoms with E-state index in [2.05, 4.69) is 0 Å². The Hall–Kier alpha value is -0.820. The fourth-order valence-electron chi connectivity index (χ4n) is 1.67. The van der Waals surface area contributed by atoms with Crippen molar-refractivity contribution in [2.75, 3.05) is 18.9 Å². The van der Waals surface area contributed by atoms with E-state index in [1.54, 1.807) is 13.0 Å². The number of hydroxylamine groups is 1. The maximum absolute atomic E-state index is 12.2. The zero-order chi connectivity index (χ0) is 12.6. The van der Waals surface area contributed by atoms with Crippen LogP contribution in [-0.2, 0) is 14.9 Å². The van der Waals surface area contributed by atoms with Gasteiger partial charge >= 0.3 is 0 Å². The number of nitrogens with two attached hydrogens (primary N) is 1. The number of benzene rings is 1. The molecule has 0 saturated carbocycles. The fraction of sp³-hybridized carbons (Fsp3) is 0.400. The molecule has 0 unspecified atom stereocenters. The molecule has 0 atom stereocenters. The molecule has 1 saturated heterocycles. The molecule has 5 nitrogen and oxygen atoms in total. The Balaban J connectivity index is 2.49. The second-order valence-electron chi connectivity index (χ2n) is 3.86. The van der Waals surface area contributed by atoms with Crippen LogP contribution in [0.3, 0.4) is 0 Å². The van der Waals surface area contributed by atoms with Crippen molar-refractivity contribution in [2.45, 2.75) is 18.2 Å². The van der Waals surface area contributed by atoms with Crippen molar-refractivity contribution in [1.82, 2.24) is 4.47 Å².